The third kappa shape index (κ3) is 5.44. The molecule has 0 bridgehead atoms. The van der Waals surface area contributed by atoms with Gasteiger partial charge in [-0.3, -0.25) is 19.3 Å². The van der Waals surface area contributed by atoms with Gasteiger partial charge < -0.3 is 14.5 Å². The van der Waals surface area contributed by atoms with Gasteiger partial charge in [-0.15, -0.1) is 11.3 Å². The van der Waals surface area contributed by atoms with E-state index in [1.54, 1.807) is 34.3 Å². The molecule has 8 heteroatoms. The number of ether oxygens (including phenoxy) is 1. The van der Waals surface area contributed by atoms with Gasteiger partial charge in [0.25, 0.3) is 0 Å². The van der Waals surface area contributed by atoms with Crippen molar-refractivity contribution in [2.45, 2.75) is 26.3 Å². The number of carbonyl (C=O) groups is 3. The number of nitrogens with zero attached hydrogens (tertiary/aromatic N) is 3. The average Bonchev–Trinajstić information content (AvgIpc) is 3.43. The van der Waals surface area contributed by atoms with Gasteiger partial charge in [-0.25, -0.2) is 0 Å². The van der Waals surface area contributed by atoms with Gasteiger partial charge in [0.15, 0.2) is 0 Å². The molecule has 222 valence electrons. The van der Waals surface area contributed by atoms with E-state index in [4.69, 9.17) is 4.74 Å². The average molecular weight is 604 g/mol. The number of methoxy groups -OCH3 is 1. The Labute approximate surface area is 260 Å². The van der Waals surface area contributed by atoms with Crippen molar-refractivity contribution in [1.82, 2.24) is 0 Å². The van der Waals surface area contributed by atoms with Gasteiger partial charge >= 0.3 is 0 Å². The normalized spacial score (nSPS) is 15.0. The van der Waals surface area contributed by atoms with E-state index in [2.05, 4.69) is 0 Å². The van der Waals surface area contributed by atoms with Crippen LogP contribution in [0.25, 0.3) is 10.1 Å². The van der Waals surface area contributed by atoms with Crippen molar-refractivity contribution in [3.63, 3.8) is 0 Å². The molecule has 0 saturated carbocycles. The van der Waals surface area contributed by atoms with E-state index in [9.17, 15) is 14.4 Å². The summed E-state index contributed by atoms with van der Waals surface area (Å²) >= 11 is 1.59. The molecule has 0 saturated heterocycles. The molecule has 1 aliphatic rings. The Kier molecular flexibility index (Phi) is 8.17. The Bertz CT molecular complexity index is 1820. The van der Waals surface area contributed by atoms with Crippen LogP contribution in [0.1, 0.15) is 19.4 Å². The van der Waals surface area contributed by atoms with Crippen LogP contribution in [0.3, 0.4) is 0 Å². The fourth-order valence-corrected chi connectivity index (χ4v) is 6.82. The lowest BCUT2D eigenvalue weighted by Gasteiger charge is -2.31. The lowest BCUT2D eigenvalue weighted by Crippen LogP contribution is -2.48. The first kappa shape index (κ1) is 29.1. The molecule has 3 amide bonds. The number of amides is 3. The second-order valence-electron chi connectivity index (χ2n) is 11.0. The first-order valence-electron chi connectivity index (χ1n) is 14.6. The molecule has 4 aromatic carbocycles. The third-order valence-corrected chi connectivity index (χ3v) is 8.94. The number of hydrogen-bond acceptors (Lipinski definition) is 5. The summed E-state index contributed by atoms with van der Waals surface area (Å²) < 4.78 is 6.40. The summed E-state index contributed by atoms with van der Waals surface area (Å²) in [4.78, 5) is 48.0. The summed E-state index contributed by atoms with van der Waals surface area (Å²) in [6.07, 6.45) is 0.218. The SMILES string of the molecule is COc1ccc(N(C(=O)CN2C(=O)C(Cc3csc4ccccc34)C(=O)N(c3ccccc3)c3ccccc32)C(C)C)cc1. The lowest BCUT2D eigenvalue weighted by atomic mass is 9.96. The van der Waals surface area contributed by atoms with Crippen molar-refractivity contribution in [3.8, 4) is 5.75 Å². The van der Waals surface area contributed by atoms with E-state index >= 15 is 0 Å². The van der Waals surface area contributed by atoms with Crippen molar-refractivity contribution < 1.29 is 19.1 Å². The largest absolute Gasteiger partial charge is 0.497 e. The molecule has 5 aromatic rings. The van der Waals surface area contributed by atoms with Crippen molar-refractivity contribution in [1.29, 1.82) is 0 Å². The van der Waals surface area contributed by atoms with E-state index in [-0.39, 0.29) is 30.8 Å². The Morgan fingerprint density at radius 2 is 1.50 bits per heavy atom. The van der Waals surface area contributed by atoms with Crippen molar-refractivity contribution in [3.05, 3.63) is 114 Å². The van der Waals surface area contributed by atoms with Crippen LogP contribution in [-0.4, -0.2) is 37.4 Å². The number of carbonyl (C=O) groups excluding carboxylic acids is 3. The smallest absolute Gasteiger partial charge is 0.247 e. The summed E-state index contributed by atoms with van der Waals surface area (Å²) in [6, 6.07) is 31.8. The van der Waals surface area contributed by atoms with Gasteiger partial charge in [0.05, 0.1) is 18.5 Å². The molecule has 1 aromatic heterocycles. The zero-order chi connectivity index (χ0) is 30.8. The molecule has 0 radical (unpaired) electrons. The Hall–Kier alpha value is -4.95. The number of benzene rings is 4. The van der Waals surface area contributed by atoms with Crippen molar-refractivity contribution >= 4 is 61.9 Å². The Balaban J connectivity index is 1.44. The molecule has 44 heavy (non-hydrogen) atoms. The van der Waals surface area contributed by atoms with Gasteiger partial charge in [0.1, 0.15) is 18.2 Å². The molecule has 1 unspecified atom stereocenters. The number of anilines is 4. The highest BCUT2D eigenvalue weighted by molar-refractivity contribution is 7.17. The molecule has 0 fully saturated rings. The lowest BCUT2D eigenvalue weighted by molar-refractivity contribution is -0.132. The first-order valence-corrected chi connectivity index (χ1v) is 15.5. The highest BCUT2D eigenvalue weighted by Crippen LogP contribution is 2.41. The van der Waals surface area contributed by atoms with Crippen LogP contribution < -0.4 is 19.4 Å². The summed E-state index contributed by atoms with van der Waals surface area (Å²) in [7, 11) is 1.60. The predicted octanol–water partition coefficient (Wildman–Crippen LogP) is 7.22. The summed E-state index contributed by atoms with van der Waals surface area (Å²) in [5.74, 6) is -1.34. The molecule has 0 spiro atoms. The van der Waals surface area contributed by atoms with E-state index < -0.39 is 11.8 Å². The predicted molar refractivity (Wildman–Crippen MR) is 177 cm³/mol. The van der Waals surface area contributed by atoms with Gasteiger partial charge in [-0.05, 0) is 91.2 Å². The maximum atomic E-state index is 14.6. The van der Waals surface area contributed by atoms with E-state index in [1.165, 1.54) is 4.90 Å². The minimum Gasteiger partial charge on any atom is -0.497 e. The van der Waals surface area contributed by atoms with Crippen LogP contribution in [-0.2, 0) is 20.8 Å². The summed E-state index contributed by atoms with van der Waals surface area (Å²) in [5.41, 5.74) is 3.37. The molecule has 2 heterocycles. The van der Waals surface area contributed by atoms with E-state index in [1.807, 2.05) is 116 Å². The van der Waals surface area contributed by atoms with Crippen LogP contribution in [0.2, 0.25) is 0 Å². The monoisotopic (exact) mass is 603 g/mol. The van der Waals surface area contributed by atoms with Crippen molar-refractivity contribution in [2.24, 2.45) is 5.92 Å². The second kappa shape index (κ2) is 12.3. The first-order chi connectivity index (χ1) is 21.4. The van der Waals surface area contributed by atoms with Crippen molar-refractivity contribution in [2.75, 3.05) is 28.4 Å². The highest BCUT2D eigenvalue weighted by atomic mass is 32.1. The Morgan fingerprint density at radius 3 is 2.20 bits per heavy atom. The topological polar surface area (TPSA) is 70.2 Å². The van der Waals surface area contributed by atoms with Crippen LogP contribution in [0.5, 0.6) is 5.75 Å². The number of rotatable bonds is 8. The molecule has 0 N–H and O–H groups in total. The minimum absolute atomic E-state index is 0.177. The molecular weight excluding hydrogens is 570 g/mol. The maximum absolute atomic E-state index is 14.6. The quantitative estimate of drug-likeness (QED) is 0.176. The zero-order valence-electron chi connectivity index (χ0n) is 24.8. The third-order valence-electron chi connectivity index (χ3n) is 7.92. The van der Waals surface area contributed by atoms with Gasteiger partial charge in [-0.1, -0.05) is 48.5 Å². The van der Waals surface area contributed by atoms with Crippen LogP contribution >= 0.6 is 11.3 Å². The van der Waals surface area contributed by atoms with E-state index in [0.29, 0.717) is 28.5 Å². The van der Waals surface area contributed by atoms with Crippen LogP contribution in [0.4, 0.5) is 22.7 Å². The number of fused-ring (bicyclic) bond motifs is 2. The molecule has 7 nitrogen and oxygen atoms in total. The Morgan fingerprint density at radius 1 is 0.841 bits per heavy atom. The van der Waals surface area contributed by atoms with Crippen LogP contribution in [0, 0.1) is 5.92 Å². The molecule has 1 aliphatic heterocycles. The standard InChI is InChI=1S/C36H33N3O4S/c1-24(2)38(27-17-19-28(43-3)20-18-27)34(40)22-37-31-14-8-9-15-32(31)39(26-11-5-4-6-12-26)36(42)30(35(37)41)21-25-23-44-33-16-10-7-13-29(25)33/h4-20,23-24,30H,21-22H2,1-3H3. The summed E-state index contributed by atoms with van der Waals surface area (Å²) in [5, 5.41) is 3.05. The number of hydrogen-bond donors (Lipinski definition) is 0. The fraction of sp³-hybridized carbons (Fsp3) is 0.194. The summed E-state index contributed by atoms with van der Waals surface area (Å²) in [6.45, 7) is 3.65. The van der Waals surface area contributed by atoms with Gasteiger partial charge in [-0.2, -0.15) is 0 Å². The molecular formula is C36H33N3O4S. The number of para-hydroxylation sites is 3. The zero-order valence-corrected chi connectivity index (χ0v) is 25.7. The van der Waals surface area contributed by atoms with Gasteiger partial charge in [0.2, 0.25) is 17.7 Å². The second-order valence-corrected chi connectivity index (χ2v) is 11.9. The minimum atomic E-state index is -1.04. The molecule has 1 atom stereocenters. The van der Waals surface area contributed by atoms with Crippen LogP contribution in [0.15, 0.2) is 109 Å². The molecule has 6 rings (SSSR count). The molecule has 0 aliphatic carbocycles. The fourth-order valence-electron chi connectivity index (χ4n) is 5.84. The van der Waals surface area contributed by atoms with E-state index in [0.717, 1.165) is 15.6 Å². The maximum Gasteiger partial charge on any atom is 0.247 e. The number of thiophene rings is 1. The highest BCUT2D eigenvalue weighted by Gasteiger charge is 2.42. The van der Waals surface area contributed by atoms with Gasteiger partial charge in [0, 0.05) is 22.1 Å².